The minimum Gasteiger partial charge on any atom is -0.295 e. The second-order valence-electron chi connectivity index (χ2n) is 7.11. The summed E-state index contributed by atoms with van der Waals surface area (Å²) in [5.74, 6) is -0.293. The second-order valence-corrected chi connectivity index (χ2v) is 7.11. The topological polar surface area (TPSA) is 49.4 Å². The van der Waals surface area contributed by atoms with Crippen LogP contribution in [0.4, 0.5) is 0 Å². The van der Waals surface area contributed by atoms with E-state index in [1.165, 1.54) is 16.7 Å². The van der Waals surface area contributed by atoms with Gasteiger partial charge >= 0.3 is 0 Å². The average molecular weight is 286 g/mol. The first-order valence-electron chi connectivity index (χ1n) is 7.54. The van der Waals surface area contributed by atoms with E-state index in [-0.39, 0.29) is 23.3 Å². The summed E-state index contributed by atoms with van der Waals surface area (Å²) in [5, 5.41) is 2.45. The van der Waals surface area contributed by atoms with Crippen molar-refractivity contribution in [3.63, 3.8) is 0 Å². The van der Waals surface area contributed by atoms with Crippen LogP contribution in [-0.4, -0.2) is 22.8 Å². The van der Waals surface area contributed by atoms with Gasteiger partial charge in [-0.25, -0.2) is 0 Å². The van der Waals surface area contributed by atoms with Crippen LogP contribution in [0.5, 0.6) is 0 Å². The maximum Gasteiger partial charge on any atom is 0.243 e. The van der Waals surface area contributed by atoms with Gasteiger partial charge in [0.1, 0.15) is 0 Å². The first-order chi connectivity index (χ1) is 9.84. The molecule has 0 bridgehead atoms. The van der Waals surface area contributed by atoms with Crippen molar-refractivity contribution in [3.8, 4) is 0 Å². The molecule has 3 rings (SSSR count). The molecule has 1 unspecified atom stereocenters. The highest BCUT2D eigenvalue weighted by Gasteiger charge is 2.34. The smallest absolute Gasteiger partial charge is 0.243 e. The second kappa shape index (κ2) is 4.95. The predicted octanol–water partition coefficient (Wildman–Crippen LogP) is 2.10. The van der Waals surface area contributed by atoms with Gasteiger partial charge in [-0.2, -0.15) is 0 Å². The molecule has 4 heteroatoms. The summed E-state index contributed by atoms with van der Waals surface area (Å²) in [6.07, 6.45) is 1.07. The molecule has 112 valence electrons. The number of hydrogen-bond donors (Lipinski definition) is 1. The quantitative estimate of drug-likeness (QED) is 0.804. The molecule has 21 heavy (non-hydrogen) atoms. The highest BCUT2D eigenvalue weighted by Crippen LogP contribution is 2.31. The number of nitrogens with one attached hydrogen (secondary N) is 1. The number of imide groups is 1. The Balaban J connectivity index is 1.79. The van der Waals surface area contributed by atoms with E-state index in [2.05, 4.69) is 49.2 Å². The minimum absolute atomic E-state index is 0.136. The van der Waals surface area contributed by atoms with Crippen molar-refractivity contribution >= 4 is 11.8 Å². The molecule has 0 aromatic heterocycles. The maximum atomic E-state index is 12.0. The van der Waals surface area contributed by atoms with Crippen LogP contribution >= 0.6 is 0 Å². The largest absolute Gasteiger partial charge is 0.295 e. The van der Waals surface area contributed by atoms with Gasteiger partial charge in [0.15, 0.2) is 0 Å². The molecule has 1 fully saturated rings. The lowest BCUT2D eigenvalue weighted by atomic mass is 9.85. The van der Waals surface area contributed by atoms with E-state index in [4.69, 9.17) is 0 Å². The monoisotopic (exact) mass is 286 g/mol. The SMILES string of the molecule is CC(C)(C)c1ccc2c(c1)CN(C1CCC(=O)NC1=O)C2. The summed E-state index contributed by atoms with van der Waals surface area (Å²) in [5.41, 5.74) is 4.07. The van der Waals surface area contributed by atoms with Crippen LogP contribution in [0.15, 0.2) is 18.2 Å². The van der Waals surface area contributed by atoms with Crippen molar-refractivity contribution in [2.24, 2.45) is 0 Å². The Labute approximate surface area is 125 Å². The number of rotatable bonds is 1. The molecule has 1 saturated heterocycles. The highest BCUT2D eigenvalue weighted by atomic mass is 16.2. The fraction of sp³-hybridized carbons (Fsp3) is 0.529. The number of amides is 2. The average Bonchev–Trinajstić information content (AvgIpc) is 2.79. The van der Waals surface area contributed by atoms with Crippen LogP contribution in [0.25, 0.3) is 0 Å². The van der Waals surface area contributed by atoms with Crippen LogP contribution in [0.3, 0.4) is 0 Å². The third-order valence-corrected chi connectivity index (χ3v) is 4.47. The molecule has 2 heterocycles. The van der Waals surface area contributed by atoms with Crippen LogP contribution in [-0.2, 0) is 28.1 Å². The normalized spacial score (nSPS) is 23.1. The zero-order chi connectivity index (χ0) is 15.2. The molecule has 0 radical (unpaired) electrons. The van der Waals surface area contributed by atoms with Crippen LogP contribution < -0.4 is 5.32 Å². The van der Waals surface area contributed by atoms with Gasteiger partial charge in [-0.05, 0) is 28.5 Å². The van der Waals surface area contributed by atoms with E-state index >= 15 is 0 Å². The fourth-order valence-electron chi connectivity index (χ4n) is 3.14. The Morgan fingerprint density at radius 2 is 1.86 bits per heavy atom. The lowest BCUT2D eigenvalue weighted by molar-refractivity contribution is -0.137. The number of carbonyl (C=O) groups excluding carboxylic acids is 2. The Hall–Kier alpha value is -1.68. The number of benzene rings is 1. The Morgan fingerprint density at radius 1 is 1.14 bits per heavy atom. The van der Waals surface area contributed by atoms with Crippen LogP contribution in [0.2, 0.25) is 0 Å². The molecule has 0 saturated carbocycles. The minimum atomic E-state index is -0.173. The molecule has 1 aromatic carbocycles. The number of carbonyl (C=O) groups is 2. The van der Waals surface area contributed by atoms with Gasteiger partial charge in [-0.1, -0.05) is 39.0 Å². The summed E-state index contributed by atoms with van der Waals surface area (Å²) in [6.45, 7) is 8.22. The molecule has 0 spiro atoms. The first kappa shape index (κ1) is 14.3. The van der Waals surface area contributed by atoms with Crippen LogP contribution in [0.1, 0.15) is 50.3 Å². The van der Waals surface area contributed by atoms with Crippen molar-refractivity contribution in [2.75, 3.05) is 0 Å². The van der Waals surface area contributed by atoms with Gasteiger partial charge in [0.05, 0.1) is 6.04 Å². The lowest BCUT2D eigenvalue weighted by Crippen LogP contribution is -2.50. The van der Waals surface area contributed by atoms with Crippen molar-refractivity contribution in [1.82, 2.24) is 10.2 Å². The van der Waals surface area contributed by atoms with Crippen molar-refractivity contribution in [3.05, 3.63) is 34.9 Å². The van der Waals surface area contributed by atoms with Crippen molar-refractivity contribution in [1.29, 1.82) is 0 Å². The summed E-state index contributed by atoms with van der Waals surface area (Å²) < 4.78 is 0. The Bertz CT molecular complexity index is 601. The standard InChI is InChI=1S/C17H22N2O2/c1-17(2,3)13-5-4-11-9-19(10-12(11)8-13)14-6-7-15(20)18-16(14)21/h4-5,8,14H,6-7,9-10H2,1-3H3,(H,18,20,21). The third-order valence-electron chi connectivity index (χ3n) is 4.47. The van der Waals surface area contributed by atoms with E-state index in [1.807, 2.05) is 0 Å². The molecule has 4 nitrogen and oxygen atoms in total. The summed E-state index contributed by atoms with van der Waals surface area (Å²) >= 11 is 0. The van der Waals surface area contributed by atoms with Gasteiger partial charge in [0.2, 0.25) is 11.8 Å². The Kier molecular flexibility index (Phi) is 3.36. The molecule has 2 amide bonds. The van der Waals surface area contributed by atoms with E-state index < -0.39 is 0 Å². The molecule has 1 aromatic rings. The Morgan fingerprint density at radius 3 is 2.52 bits per heavy atom. The molecule has 2 aliphatic heterocycles. The third kappa shape index (κ3) is 2.72. The number of piperidine rings is 1. The number of nitrogens with zero attached hydrogens (tertiary/aromatic N) is 1. The zero-order valence-corrected chi connectivity index (χ0v) is 12.9. The molecular weight excluding hydrogens is 264 g/mol. The van der Waals surface area contributed by atoms with Gasteiger partial charge in [-0.15, -0.1) is 0 Å². The molecule has 1 atom stereocenters. The number of hydrogen-bond acceptors (Lipinski definition) is 3. The maximum absolute atomic E-state index is 12.0. The van der Waals surface area contributed by atoms with Crippen molar-refractivity contribution in [2.45, 2.75) is 58.2 Å². The number of fused-ring (bicyclic) bond motifs is 1. The fourth-order valence-corrected chi connectivity index (χ4v) is 3.14. The van der Waals surface area contributed by atoms with Crippen molar-refractivity contribution < 1.29 is 9.59 Å². The van der Waals surface area contributed by atoms with E-state index in [0.29, 0.717) is 12.8 Å². The molecule has 2 aliphatic rings. The molecule has 0 aliphatic carbocycles. The van der Waals surface area contributed by atoms with Gasteiger partial charge in [0, 0.05) is 19.5 Å². The van der Waals surface area contributed by atoms with E-state index in [9.17, 15) is 9.59 Å². The summed E-state index contributed by atoms with van der Waals surface area (Å²) in [4.78, 5) is 25.4. The predicted molar refractivity (Wildman–Crippen MR) is 80.6 cm³/mol. The van der Waals surface area contributed by atoms with Gasteiger partial charge in [0.25, 0.3) is 0 Å². The highest BCUT2D eigenvalue weighted by molar-refractivity contribution is 6.00. The van der Waals surface area contributed by atoms with Gasteiger partial charge < -0.3 is 0 Å². The lowest BCUT2D eigenvalue weighted by Gasteiger charge is -2.29. The molecule has 1 N–H and O–H groups in total. The first-order valence-corrected chi connectivity index (χ1v) is 7.54. The van der Waals surface area contributed by atoms with E-state index in [1.54, 1.807) is 0 Å². The molecular formula is C17H22N2O2. The van der Waals surface area contributed by atoms with Crippen LogP contribution in [0, 0.1) is 0 Å². The zero-order valence-electron chi connectivity index (χ0n) is 12.9. The van der Waals surface area contributed by atoms with Gasteiger partial charge in [-0.3, -0.25) is 19.8 Å². The summed E-state index contributed by atoms with van der Waals surface area (Å²) in [6, 6.07) is 6.46. The van der Waals surface area contributed by atoms with E-state index in [0.717, 1.165) is 13.1 Å². The summed E-state index contributed by atoms with van der Waals surface area (Å²) in [7, 11) is 0.